The van der Waals surface area contributed by atoms with E-state index in [0.717, 1.165) is 4.90 Å². The fraction of sp³-hybridized carbons (Fsp3) is 0.400. The number of hydrogen-bond acceptors (Lipinski definition) is 3. The lowest BCUT2D eigenvalue weighted by Crippen LogP contribution is -2.15. The summed E-state index contributed by atoms with van der Waals surface area (Å²) in [6.45, 7) is 0. The van der Waals surface area contributed by atoms with Crippen LogP contribution in [-0.2, 0) is 12.8 Å². The number of carbonyl (C=O) groups excluding carboxylic acids is 1. The molecule has 2 aromatic rings. The molecule has 1 aliphatic rings. The van der Waals surface area contributed by atoms with Gasteiger partial charge in [0, 0.05) is 28.6 Å². The predicted molar refractivity (Wildman–Crippen MR) is 83.4 cm³/mol. The Bertz CT molecular complexity index is 630. The minimum Gasteiger partial charge on any atom is -0.339 e. The van der Waals surface area contributed by atoms with E-state index >= 15 is 0 Å². The summed E-state index contributed by atoms with van der Waals surface area (Å²) in [7, 11) is 3.58. The number of benzene rings is 1. The maximum atomic E-state index is 11.8. The Morgan fingerprint density at radius 1 is 1.26 bits per heavy atom. The minimum absolute atomic E-state index is 0.0865. The SMILES string of the molecule is CN(C)C(=O)Sc1ccc2sc3c(c2c1)CCCC3. The van der Waals surface area contributed by atoms with Crippen LogP contribution >= 0.6 is 23.1 Å². The van der Waals surface area contributed by atoms with Gasteiger partial charge in [0.2, 0.25) is 0 Å². The normalized spacial score (nSPS) is 14.4. The molecule has 1 aromatic heterocycles. The van der Waals surface area contributed by atoms with Crippen LogP contribution in [0.5, 0.6) is 0 Å². The number of amides is 1. The summed E-state index contributed by atoms with van der Waals surface area (Å²) in [5.41, 5.74) is 1.53. The number of aryl methyl sites for hydroxylation is 2. The van der Waals surface area contributed by atoms with E-state index in [1.54, 1.807) is 23.9 Å². The van der Waals surface area contributed by atoms with E-state index in [2.05, 4.69) is 18.2 Å². The van der Waals surface area contributed by atoms with Crippen LogP contribution in [0.4, 0.5) is 4.79 Å². The standard InChI is InChI=1S/C15H17NOS2/c1-16(2)15(17)18-10-7-8-14-12(9-10)11-5-3-4-6-13(11)19-14/h7-9H,3-6H2,1-2H3. The van der Waals surface area contributed by atoms with Gasteiger partial charge in [-0.3, -0.25) is 4.79 Å². The van der Waals surface area contributed by atoms with E-state index in [4.69, 9.17) is 0 Å². The van der Waals surface area contributed by atoms with Crippen molar-refractivity contribution in [1.29, 1.82) is 0 Å². The predicted octanol–water partition coefficient (Wildman–Crippen LogP) is 4.55. The van der Waals surface area contributed by atoms with Crippen LogP contribution in [0.1, 0.15) is 23.3 Å². The van der Waals surface area contributed by atoms with Crippen molar-refractivity contribution in [3.8, 4) is 0 Å². The van der Waals surface area contributed by atoms with Crippen molar-refractivity contribution < 1.29 is 4.79 Å². The van der Waals surface area contributed by atoms with Crippen LogP contribution in [0.2, 0.25) is 0 Å². The first-order valence-electron chi connectivity index (χ1n) is 6.58. The Morgan fingerprint density at radius 3 is 2.84 bits per heavy atom. The zero-order chi connectivity index (χ0) is 13.4. The van der Waals surface area contributed by atoms with Gasteiger partial charge in [0.25, 0.3) is 5.24 Å². The summed E-state index contributed by atoms with van der Waals surface area (Å²) >= 11 is 3.24. The van der Waals surface area contributed by atoms with Crippen molar-refractivity contribution in [3.05, 3.63) is 28.6 Å². The van der Waals surface area contributed by atoms with Gasteiger partial charge in [-0.1, -0.05) is 0 Å². The highest BCUT2D eigenvalue weighted by atomic mass is 32.2. The van der Waals surface area contributed by atoms with Crippen molar-refractivity contribution in [2.45, 2.75) is 30.6 Å². The summed E-state index contributed by atoms with van der Waals surface area (Å²) in [6.07, 6.45) is 5.05. The Hall–Kier alpha value is -1.00. The van der Waals surface area contributed by atoms with Gasteiger partial charge < -0.3 is 4.90 Å². The highest BCUT2D eigenvalue weighted by Gasteiger charge is 2.16. The van der Waals surface area contributed by atoms with Crippen LogP contribution in [0, 0.1) is 0 Å². The monoisotopic (exact) mass is 291 g/mol. The quantitative estimate of drug-likeness (QED) is 0.718. The third kappa shape index (κ3) is 2.51. The molecule has 0 saturated carbocycles. The van der Waals surface area contributed by atoms with Gasteiger partial charge in [-0.25, -0.2) is 0 Å². The molecule has 2 nitrogen and oxygen atoms in total. The zero-order valence-corrected chi connectivity index (χ0v) is 12.9. The number of carbonyl (C=O) groups is 1. The van der Waals surface area contributed by atoms with Gasteiger partial charge in [0.1, 0.15) is 0 Å². The third-order valence-electron chi connectivity index (χ3n) is 3.50. The molecule has 19 heavy (non-hydrogen) atoms. The van der Waals surface area contributed by atoms with Gasteiger partial charge in [-0.05, 0) is 66.6 Å². The molecule has 0 atom stereocenters. The zero-order valence-electron chi connectivity index (χ0n) is 11.2. The summed E-state index contributed by atoms with van der Waals surface area (Å²) in [4.78, 5) is 16.0. The van der Waals surface area contributed by atoms with E-state index < -0.39 is 0 Å². The Labute approximate surface area is 121 Å². The number of thiophene rings is 1. The molecule has 0 unspecified atom stereocenters. The number of fused-ring (bicyclic) bond motifs is 3. The molecule has 0 N–H and O–H groups in total. The number of thioether (sulfide) groups is 1. The number of nitrogens with zero attached hydrogens (tertiary/aromatic N) is 1. The fourth-order valence-corrected chi connectivity index (χ4v) is 4.47. The van der Waals surface area contributed by atoms with Crippen LogP contribution in [0.3, 0.4) is 0 Å². The molecule has 0 saturated heterocycles. The second kappa shape index (κ2) is 5.17. The molecule has 1 amide bonds. The largest absolute Gasteiger partial charge is 0.339 e. The second-order valence-electron chi connectivity index (χ2n) is 5.13. The molecule has 1 heterocycles. The van der Waals surface area contributed by atoms with Gasteiger partial charge in [0.15, 0.2) is 0 Å². The smallest absolute Gasteiger partial charge is 0.285 e. The van der Waals surface area contributed by atoms with Crippen molar-refractivity contribution in [2.75, 3.05) is 14.1 Å². The Kier molecular flexibility index (Phi) is 3.54. The molecule has 4 heteroatoms. The van der Waals surface area contributed by atoms with Crippen molar-refractivity contribution in [3.63, 3.8) is 0 Å². The van der Waals surface area contributed by atoms with E-state index in [-0.39, 0.29) is 5.24 Å². The summed E-state index contributed by atoms with van der Waals surface area (Å²) < 4.78 is 1.37. The van der Waals surface area contributed by atoms with Crippen LogP contribution in [0.15, 0.2) is 23.1 Å². The average molecular weight is 291 g/mol. The molecule has 0 fully saturated rings. The molecular weight excluding hydrogens is 274 g/mol. The maximum Gasteiger partial charge on any atom is 0.285 e. The highest BCUT2D eigenvalue weighted by Crippen LogP contribution is 2.38. The van der Waals surface area contributed by atoms with E-state index in [1.165, 1.54) is 53.1 Å². The number of hydrogen-bond donors (Lipinski definition) is 0. The lowest BCUT2D eigenvalue weighted by molar-refractivity contribution is 0.241. The van der Waals surface area contributed by atoms with Crippen molar-refractivity contribution in [2.24, 2.45) is 0 Å². The topological polar surface area (TPSA) is 20.3 Å². The molecule has 0 aliphatic heterocycles. The molecule has 1 aliphatic carbocycles. The second-order valence-corrected chi connectivity index (χ2v) is 7.29. The number of rotatable bonds is 1. The van der Waals surface area contributed by atoms with Gasteiger partial charge in [-0.2, -0.15) is 0 Å². The first kappa shape index (κ1) is 13.0. The lowest BCUT2D eigenvalue weighted by Gasteiger charge is -2.11. The van der Waals surface area contributed by atoms with Crippen LogP contribution < -0.4 is 0 Å². The lowest BCUT2D eigenvalue weighted by atomic mass is 9.96. The van der Waals surface area contributed by atoms with E-state index in [1.807, 2.05) is 11.3 Å². The molecule has 0 radical (unpaired) electrons. The molecule has 0 bridgehead atoms. The summed E-state index contributed by atoms with van der Waals surface area (Å²) in [5.74, 6) is 0. The van der Waals surface area contributed by atoms with Gasteiger partial charge >= 0.3 is 0 Å². The van der Waals surface area contributed by atoms with Gasteiger partial charge in [0.05, 0.1) is 0 Å². The first-order chi connectivity index (χ1) is 9.15. The molecule has 0 spiro atoms. The molecule has 100 valence electrons. The Morgan fingerprint density at radius 2 is 2.05 bits per heavy atom. The van der Waals surface area contributed by atoms with Crippen molar-refractivity contribution >= 4 is 38.4 Å². The molecule has 1 aromatic carbocycles. The molecule has 3 rings (SSSR count). The minimum atomic E-state index is 0.0865. The maximum absolute atomic E-state index is 11.8. The van der Waals surface area contributed by atoms with Crippen LogP contribution in [0.25, 0.3) is 10.1 Å². The average Bonchev–Trinajstić information content (AvgIpc) is 2.76. The van der Waals surface area contributed by atoms with Crippen molar-refractivity contribution in [1.82, 2.24) is 4.90 Å². The molecular formula is C15H17NOS2. The van der Waals surface area contributed by atoms with E-state index in [9.17, 15) is 4.79 Å². The fourth-order valence-electron chi connectivity index (χ4n) is 2.50. The van der Waals surface area contributed by atoms with E-state index in [0.29, 0.717) is 0 Å². The Balaban J connectivity index is 1.98. The van der Waals surface area contributed by atoms with Gasteiger partial charge in [-0.15, -0.1) is 11.3 Å². The highest BCUT2D eigenvalue weighted by molar-refractivity contribution is 8.13. The first-order valence-corrected chi connectivity index (χ1v) is 8.22. The van der Waals surface area contributed by atoms with Crippen LogP contribution in [-0.4, -0.2) is 24.2 Å². The summed E-state index contributed by atoms with van der Waals surface area (Å²) in [6, 6.07) is 6.43. The summed E-state index contributed by atoms with van der Waals surface area (Å²) in [5, 5.41) is 1.46. The third-order valence-corrected chi connectivity index (χ3v) is 5.80.